The van der Waals surface area contributed by atoms with Gasteiger partial charge in [-0.25, -0.2) is 0 Å². The van der Waals surface area contributed by atoms with E-state index in [9.17, 15) is 14.9 Å². The van der Waals surface area contributed by atoms with E-state index in [1.54, 1.807) is 25.1 Å². The number of hydrogen-bond acceptors (Lipinski definition) is 3. The van der Waals surface area contributed by atoms with Crippen LogP contribution in [0.3, 0.4) is 0 Å². The fourth-order valence-electron chi connectivity index (χ4n) is 2.01. The van der Waals surface area contributed by atoms with Gasteiger partial charge in [0.2, 0.25) is 0 Å². The van der Waals surface area contributed by atoms with Crippen LogP contribution >= 0.6 is 15.9 Å². The number of hydrogen-bond donors (Lipinski definition) is 1. The quantitative estimate of drug-likeness (QED) is 0.666. The molecule has 2 rings (SSSR count). The number of nitrogens with one attached hydrogen (secondary N) is 1. The van der Waals surface area contributed by atoms with Gasteiger partial charge in [-0.05, 0) is 53.5 Å². The number of para-hydroxylation sites is 1. The van der Waals surface area contributed by atoms with E-state index in [-0.39, 0.29) is 11.3 Å². The standard InChI is InChI=1S/C15H13BrN2O3/c1-9-6-7-12(16)13(8-9)17-15(19)11-5-3-4-10(2)14(11)18(20)21/h3-8H,1-2H3,(H,17,19). The number of nitro groups is 1. The lowest BCUT2D eigenvalue weighted by molar-refractivity contribution is -0.385. The highest BCUT2D eigenvalue weighted by Crippen LogP contribution is 2.27. The third kappa shape index (κ3) is 3.28. The van der Waals surface area contributed by atoms with Gasteiger partial charge in [0.1, 0.15) is 5.56 Å². The van der Waals surface area contributed by atoms with Gasteiger partial charge in [-0.15, -0.1) is 0 Å². The van der Waals surface area contributed by atoms with Gasteiger partial charge in [0.05, 0.1) is 10.6 Å². The number of aryl methyl sites for hydroxylation is 2. The third-order valence-electron chi connectivity index (χ3n) is 3.04. The van der Waals surface area contributed by atoms with Crippen molar-refractivity contribution in [2.24, 2.45) is 0 Å². The van der Waals surface area contributed by atoms with Crippen LogP contribution in [0.4, 0.5) is 11.4 Å². The molecule has 0 atom stereocenters. The molecule has 0 aliphatic heterocycles. The lowest BCUT2D eigenvalue weighted by Gasteiger charge is -2.09. The maximum atomic E-state index is 12.3. The van der Waals surface area contributed by atoms with Crippen molar-refractivity contribution in [2.45, 2.75) is 13.8 Å². The first-order valence-electron chi connectivity index (χ1n) is 6.21. The van der Waals surface area contributed by atoms with Gasteiger partial charge in [0.15, 0.2) is 0 Å². The number of halogens is 1. The Bertz CT molecular complexity index is 729. The Morgan fingerprint density at radius 1 is 1.24 bits per heavy atom. The Morgan fingerprint density at radius 3 is 2.62 bits per heavy atom. The number of anilines is 1. The Morgan fingerprint density at radius 2 is 1.95 bits per heavy atom. The van der Waals surface area contributed by atoms with E-state index in [0.29, 0.717) is 11.3 Å². The van der Waals surface area contributed by atoms with Crippen molar-refractivity contribution in [1.82, 2.24) is 0 Å². The molecule has 0 aliphatic rings. The van der Waals surface area contributed by atoms with Crippen LogP contribution in [-0.2, 0) is 0 Å². The van der Waals surface area contributed by atoms with E-state index < -0.39 is 10.8 Å². The molecule has 2 aromatic rings. The predicted octanol–water partition coefficient (Wildman–Crippen LogP) is 4.23. The normalized spacial score (nSPS) is 10.2. The minimum atomic E-state index is -0.532. The first-order valence-corrected chi connectivity index (χ1v) is 7.01. The molecule has 0 bridgehead atoms. The summed E-state index contributed by atoms with van der Waals surface area (Å²) in [5, 5.41) is 13.8. The summed E-state index contributed by atoms with van der Waals surface area (Å²) >= 11 is 3.34. The molecule has 2 aromatic carbocycles. The van der Waals surface area contributed by atoms with Gasteiger partial charge in [0.25, 0.3) is 11.6 Å². The summed E-state index contributed by atoms with van der Waals surface area (Å²) < 4.78 is 0.719. The summed E-state index contributed by atoms with van der Waals surface area (Å²) in [5.41, 5.74) is 1.89. The van der Waals surface area contributed by atoms with Gasteiger partial charge in [0, 0.05) is 10.0 Å². The molecule has 21 heavy (non-hydrogen) atoms. The molecule has 1 N–H and O–H groups in total. The van der Waals surface area contributed by atoms with Crippen LogP contribution in [0, 0.1) is 24.0 Å². The molecule has 0 unspecified atom stereocenters. The first kappa shape index (κ1) is 15.2. The monoisotopic (exact) mass is 348 g/mol. The molecule has 0 aromatic heterocycles. The fourth-order valence-corrected chi connectivity index (χ4v) is 2.35. The molecule has 5 nitrogen and oxygen atoms in total. The van der Waals surface area contributed by atoms with Crippen molar-refractivity contribution in [3.8, 4) is 0 Å². The molecule has 0 fully saturated rings. The highest BCUT2D eigenvalue weighted by molar-refractivity contribution is 9.10. The Balaban J connectivity index is 2.40. The number of nitrogens with zero attached hydrogens (tertiary/aromatic N) is 1. The zero-order valence-corrected chi connectivity index (χ0v) is 13.1. The minimum Gasteiger partial charge on any atom is -0.321 e. The van der Waals surface area contributed by atoms with Crippen LogP contribution < -0.4 is 5.32 Å². The SMILES string of the molecule is Cc1ccc(Br)c(NC(=O)c2cccc(C)c2[N+](=O)[O-])c1. The number of nitro benzene ring substituents is 1. The number of rotatable bonds is 3. The summed E-state index contributed by atoms with van der Waals surface area (Å²) in [6, 6.07) is 10.2. The molecule has 0 saturated carbocycles. The number of carbonyl (C=O) groups excluding carboxylic acids is 1. The van der Waals surface area contributed by atoms with Gasteiger partial charge >= 0.3 is 0 Å². The second-order valence-corrected chi connectivity index (χ2v) is 5.52. The topological polar surface area (TPSA) is 72.2 Å². The summed E-state index contributed by atoms with van der Waals surface area (Å²) in [6.45, 7) is 3.51. The summed E-state index contributed by atoms with van der Waals surface area (Å²) in [4.78, 5) is 22.9. The zero-order valence-electron chi connectivity index (χ0n) is 11.5. The van der Waals surface area contributed by atoms with E-state index in [1.807, 2.05) is 19.1 Å². The Labute approximate surface area is 130 Å². The number of benzene rings is 2. The average Bonchev–Trinajstić information content (AvgIpc) is 2.42. The lowest BCUT2D eigenvalue weighted by Crippen LogP contribution is -2.15. The average molecular weight is 349 g/mol. The minimum absolute atomic E-state index is 0.0495. The van der Waals surface area contributed by atoms with Crippen molar-refractivity contribution >= 4 is 33.2 Å². The lowest BCUT2D eigenvalue weighted by atomic mass is 10.1. The second-order valence-electron chi connectivity index (χ2n) is 4.67. The number of amides is 1. The second kappa shape index (κ2) is 6.05. The summed E-state index contributed by atoms with van der Waals surface area (Å²) in [6.07, 6.45) is 0. The smallest absolute Gasteiger partial charge is 0.285 e. The van der Waals surface area contributed by atoms with Crippen LogP contribution in [0.25, 0.3) is 0 Å². The molecular weight excluding hydrogens is 336 g/mol. The van der Waals surface area contributed by atoms with Crippen LogP contribution in [-0.4, -0.2) is 10.8 Å². The highest BCUT2D eigenvalue weighted by atomic mass is 79.9. The van der Waals surface area contributed by atoms with Crippen molar-refractivity contribution in [2.75, 3.05) is 5.32 Å². The maximum Gasteiger partial charge on any atom is 0.285 e. The Kier molecular flexibility index (Phi) is 4.37. The first-order chi connectivity index (χ1) is 9.90. The maximum absolute atomic E-state index is 12.3. The van der Waals surface area contributed by atoms with Crippen molar-refractivity contribution in [1.29, 1.82) is 0 Å². The van der Waals surface area contributed by atoms with Crippen LogP contribution in [0.15, 0.2) is 40.9 Å². The van der Waals surface area contributed by atoms with Crippen molar-refractivity contribution in [3.63, 3.8) is 0 Å². The zero-order chi connectivity index (χ0) is 15.6. The molecular formula is C15H13BrN2O3. The van der Waals surface area contributed by atoms with E-state index in [4.69, 9.17) is 0 Å². The van der Waals surface area contributed by atoms with Gasteiger partial charge in [-0.3, -0.25) is 14.9 Å². The van der Waals surface area contributed by atoms with Crippen molar-refractivity contribution in [3.05, 3.63) is 67.7 Å². The molecule has 1 amide bonds. The van der Waals surface area contributed by atoms with Crippen molar-refractivity contribution < 1.29 is 9.72 Å². The third-order valence-corrected chi connectivity index (χ3v) is 3.73. The predicted molar refractivity (Wildman–Crippen MR) is 84.7 cm³/mol. The molecule has 0 aliphatic carbocycles. The van der Waals surface area contributed by atoms with Gasteiger partial charge < -0.3 is 5.32 Å². The van der Waals surface area contributed by atoms with Gasteiger partial charge in [-0.1, -0.05) is 18.2 Å². The Hall–Kier alpha value is -2.21. The molecule has 0 heterocycles. The molecule has 108 valence electrons. The molecule has 0 radical (unpaired) electrons. The van der Waals surface area contributed by atoms with Crippen LogP contribution in [0.1, 0.15) is 21.5 Å². The fraction of sp³-hybridized carbons (Fsp3) is 0.133. The molecule has 0 saturated heterocycles. The highest BCUT2D eigenvalue weighted by Gasteiger charge is 2.22. The van der Waals surface area contributed by atoms with Gasteiger partial charge in [-0.2, -0.15) is 0 Å². The van der Waals surface area contributed by atoms with E-state index in [1.165, 1.54) is 6.07 Å². The van der Waals surface area contributed by atoms with Crippen LogP contribution in [0.2, 0.25) is 0 Å². The van der Waals surface area contributed by atoms with Crippen LogP contribution in [0.5, 0.6) is 0 Å². The van der Waals surface area contributed by atoms with E-state index in [2.05, 4.69) is 21.2 Å². The summed E-state index contributed by atoms with van der Waals surface area (Å²) in [5.74, 6) is -0.503. The number of carbonyl (C=O) groups is 1. The molecule has 6 heteroatoms. The summed E-state index contributed by atoms with van der Waals surface area (Å²) in [7, 11) is 0. The van der Waals surface area contributed by atoms with E-state index in [0.717, 1.165) is 10.0 Å². The largest absolute Gasteiger partial charge is 0.321 e. The van der Waals surface area contributed by atoms with E-state index >= 15 is 0 Å². The molecule has 0 spiro atoms.